The minimum atomic E-state index is -4.85. The molecule has 3 saturated carbocycles. The summed E-state index contributed by atoms with van der Waals surface area (Å²) in [5.74, 6) is -0.204. The Bertz CT molecular complexity index is 2400. The van der Waals surface area contributed by atoms with Gasteiger partial charge in [-0.1, -0.05) is 51.5 Å². The summed E-state index contributed by atoms with van der Waals surface area (Å²) in [5.41, 5.74) is 0.377. The molecular weight excluding hydrogens is 1130 g/mol. The maximum absolute atomic E-state index is 12.4. The van der Waals surface area contributed by atoms with Gasteiger partial charge in [0.25, 0.3) is 0 Å². The van der Waals surface area contributed by atoms with Crippen LogP contribution in [0.4, 0.5) is 0 Å². The van der Waals surface area contributed by atoms with Crippen LogP contribution in [-0.4, -0.2) is 246 Å². The molecule has 5 saturated heterocycles. The van der Waals surface area contributed by atoms with Crippen molar-refractivity contribution < 1.29 is 126 Å². The predicted molar refractivity (Wildman–Crippen MR) is 288 cm³/mol. The molecule has 5 aliphatic heterocycles. The molecule has 9 rings (SSSR count). The van der Waals surface area contributed by atoms with E-state index in [0.717, 1.165) is 18.4 Å². The lowest BCUT2D eigenvalue weighted by Crippen LogP contribution is -2.66. The third-order valence-electron chi connectivity index (χ3n) is 20.8. The van der Waals surface area contributed by atoms with E-state index in [9.17, 15) is 74.2 Å². The van der Waals surface area contributed by atoms with Crippen LogP contribution in [0.3, 0.4) is 0 Å². The fourth-order valence-electron chi connectivity index (χ4n) is 15.5. The number of hydrogen-bond donors (Lipinski definition) is 13. The van der Waals surface area contributed by atoms with Crippen molar-refractivity contribution in [2.75, 3.05) is 6.61 Å². The van der Waals surface area contributed by atoms with E-state index in [1.165, 1.54) is 33.3 Å². The number of hydrogen-bond acceptors (Lipinski definition) is 25. The fourth-order valence-corrected chi connectivity index (χ4v) is 16.1. The molecule has 5 heterocycles. The van der Waals surface area contributed by atoms with Crippen molar-refractivity contribution in [1.29, 1.82) is 0 Å². The first-order valence-electron chi connectivity index (χ1n) is 29.9. The highest BCUT2D eigenvalue weighted by atomic mass is 32.3. The Morgan fingerprint density at radius 1 is 0.631 bits per heavy atom. The van der Waals surface area contributed by atoms with Crippen LogP contribution in [0.2, 0.25) is 0 Å². The zero-order valence-electron chi connectivity index (χ0n) is 49.3. The van der Waals surface area contributed by atoms with Gasteiger partial charge in [0.15, 0.2) is 31.5 Å². The van der Waals surface area contributed by atoms with Gasteiger partial charge in [-0.15, -0.1) is 0 Å². The van der Waals surface area contributed by atoms with Crippen LogP contribution in [0.1, 0.15) is 120 Å². The summed E-state index contributed by atoms with van der Waals surface area (Å²) in [5, 5.41) is 135. The Morgan fingerprint density at radius 3 is 1.71 bits per heavy atom. The lowest BCUT2D eigenvalue weighted by atomic mass is 9.47. The highest BCUT2D eigenvalue weighted by Gasteiger charge is 2.63. The van der Waals surface area contributed by atoms with Gasteiger partial charge in [-0.2, -0.15) is 8.42 Å². The van der Waals surface area contributed by atoms with Crippen LogP contribution in [-0.2, 0) is 62.0 Å². The van der Waals surface area contributed by atoms with Crippen molar-refractivity contribution in [3.63, 3.8) is 0 Å². The van der Waals surface area contributed by atoms with Crippen molar-refractivity contribution in [1.82, 2.24) is 0 Å². The highest BCUT2D eigenvalue weighted by Crippen LogP contribution is 2.67. The maximum Gasteiger partial charge on any atom is 0.397 e. The Kier molecular flexibility index (Phi) is 20.4. The molecule has 0 bridgehead atoms. The molecule has 8 fully saturated rings. The van der Waals surface area contributed by atoms with Gasteiger partial charge >= 0.3 is 10.4 Å². The summed E-state index contributed by atoms with van der Waals surface area (Å²) < 4.78 is 101. The average molecular weight is 1230 g/mol. The van der Waals surface area contributed by atoms with Crippen molar-refractivity contribution in [3.8, 4) is 0 Å². The number of rotatable bonds is 17. The van der Waals surface area contributed by atoms with E-state index in [-0.39, 0.29) is 35.5 Å². The molecule has 3 unspecified atom stereocenters. The third kappa shape index (κ3) is 13.0. The Labute approximate surface area is 490 Å². The van der Waals surface area contributed by atoms with Gasteiger partial charge in [0.1, 0.15) is 91.6 Å². The van der Waals surface area contributed by atoms with Gasteiger partial charge in [0.2, 0.25) is 0 Å². The lowest BCUT2D eigenvalue weighted by molar-refractivity contribution is -0.397. The van der Waals surface area contributed by atoms with Crippen LogP contribution in [0.5, 0.6) is 0 Å². The molecular formula is C57H94O26S. The molecule has 0 radical (unpaired) electrons. The quantitative estimate of drug-likeness (QED) is 0.0635. The number of aliphatic hydroxyl groups is 12. The standard InChI is InChI=1S/C57H94O26S/c1-22(2)23(3)13-18-57(10,69)35-12-11-30-29-20-33(32-19-28(83-84(70,71)72)14-16-55(32,8)31(29)15-17-56(30,35)9)78-52-46(68)47(39(61)27(7)76-52)80-53-48(81-50-44(66)41(63)36(58)24(4)74-50)40(62)34(21-73-53)79-54-49(43(65)38(60)26(6)77-54)82-51-45(67)42(64)37(59)25(5)75-51/h15,22,24-30,32-54,58-69H,3,11-14,16-21H2,1-2,4-10H3,(H,70,71,72)/t24-,25-,26-,27-,28+,29?,30?,32?,33+,34-,35+,36-,37-,38+,39-,40+,41+,42+,43+,44-,45-,46-,47+,48-,49-,50+,51+,52+,53+,54+,55-,56+,57+/m1/s1. The van der Waals surface area contributed by atoms with Crippen molar-refractivity contribution >= 4 is 10.4 Å². The van der Waals surface area contributed by atoms with Crippen LogP contribution in [0.15, 0.2) is 23.8 Å². The molecule has 9 aliphatic rings. The van der Waals surface area contributed by atoms with Crippen LogP contribution >= 0.6 is 0 Å². The van der Waals surface area contributed by atoms with Crippen LogP contribution < -0.4 is 0 Å². The van der Waals surface area contributed by atoms with Crippen LogP contribution in [0.25, 0.3) is 0 Å². The first-order valence-corrected chi connectivity index (χ1v) is 31.3. The van der Waals surface area contributed by atoms with E-state index in [0.29, 0.717) is 38.5 Å². The first-order chi connectivity index (χ1) is 39.2. The average Bonchev–Trinajstić information content (AvgIpc) is 1.42. The molecule has 484 valence electrons. The second kappa shape index (κ2) is 25.6. The molecule has 27 heteroatoms. The van der Waals surface area contributed by atoms with Gasteiger partial charge < -0.3 is 109 Å². The number of allylic oxidation sites excluding steroid dienone is 3. The minimum Gasteiger partial charge on any atom is -0.390 e. The normalized spacial score (nSPS) is 51.7. The fraction of sp³-hybridized carbons (Fsp3) is 0.930. The monoisotopic (exact) mass is 1230 g/mol. The number of aliphatic hydroxyl groups excluding tert-OH is 11. The Hall–Kier alpha value is -1.53. The second-order valence-corrected chi connectivity index (χ2v) is 27.7. The minimum absolute atomic E-state index is 0.0478. The Morgan fingerprint density at radius 2 is 1.14 bits per heavy atom. The summed E-state index contributed by atoms with van der Waals surface area (Å²) in [6, 6.07) is 0. The number of ether oxygens (including phenoxy) is 10. The van der Waals surface area contributed by atoms with Gasteiger partial charge in [-0.05, 0) is 133 Å². The van der Waals surface area contributed by atoms with E-state index >= 15 is 0 Å². The number of fused-ring (bicyclic) bond motifs is 5. The third-order valence-corrected chi connectivity index (χ3v) is 21.3. The van der Waals surface area contributed by atoms with Gasteiger partial charge in [0.05, 0.1) is 48.8 Å². The SMILES string of the molecule is C=C(CC[C@](C)(O)[C@H]1CCC2C3C[C@H](O[C@@H]4O[C@H](C)[C@@H](O)[C@H](O[C@@H]5OC[C@@H](O[C@@H]6O[C@H](C)[C@H](O)[C@H](O)[C@H]6O[C@@H]6O[C@H](C)[C@@H](O)[C@H](O)[C@H]6O)[C@H](O)[C@H]5O[C@@H]5O[C@H](C)[C@@H](O)[C@H](O)[C@H]5O)[C@H]4O)C4C[C@@H](OS(=O)(=O)O)CC[C@]4(C)C3=CC[C@@]21C)C(C)C. The summed E-state index contributed by atoms with van der Waals surface area (Å²) in [6.07, 6.45) is -33.5. The highest BCUT2D eigenvalue weighted by molar-refractivity contribution is 7.80. The Balaban J connectivity index is 0.977. The van der Waals surface area contributed by atoms with E-state index in [1.54, 1.807) is 0 Å². The second-order valence-electron chi connectivity index (χ2n) is 26.7. The largest absolute Gasteiger partial charge is 0.397 e. The zero-order chi connectivity index (χ0) is 61.6. The van der Waals surface area contributed by atoms with Crippen molar-refractivity contribution in [2.24, 2.45) is 40.4 Å². The topological polar surface area (TPSA) is 399 Å². The molecule has 0 aromatic rings. The van der Waals surface area contributed by atoms with E-state index in [2.05, 4.69) is 40.3 Å². The summed E-state index contributed by atoms with van der Waals surface area (Å²) in [6.45, 7) is 19.9. The maximum atomic E-state index is 12.4. The summed E-state index contributed by atoms with van der Waals surface area (Å²) in [7, 11) is -4.85. The molecule has 0 amide bonds. The summed E-state index contributed by atoms with van der Waals surface area (Å²) in [4.78, 5) is 0. The van der Waals surface area contributed by atoms with Gasteiger partial charge in [0, 0.05) is 0 Å². The lowest BCUT2D eigenvalue weighted by Gasteiger charge is -2.60. The molecule has 84 heavy (non-hydrogen) atoms. The van der Waals surface area contributed by atoms with E-state index in [4.69, 9.17) is 51.6 Å². The van der Waals surface area contributed by atoms with Crippen LogP contribution in [0, 0.1) is 40.4 Å². The smallest absolute Gasteiger partial charge is 0.390 e. The van der Waals surface area contributed by atoms with Crippen molar-refractivity contribution in [2.45, 2.75) is 285 Å². The molecule has 33 atom stereocenters. The van der Waals surface area contributed by atoms with Gasteiger partial charge in [-0.25, -0.2) is 4.18 Å². The zero-order valence-corrected chi connectivity index (χ0v) is 50.1. The first kappa shape index (κ1) is 66.9. The molecule has 4 aliphatic carbocycles. The molecule has 0 aromatic heterocycles. The van der Waals surface area contributed by atoms with Gasteiger partial charge in [-0.3, -0.25) is 4.55 Å². The molecule has 26 nitrogen and oxygen atoms in total. The van der Waals surface area contributed by atoms with E-state index < -0.39 is 194 Å². The molecule has 13 N–H and O–H groups in total. The summed E-state index contributed by atoms with van der Waals surface area (Å²) >= 11 is 0. The molecule has 0 spiro atoms. The molecule has 0 aromatic carbocycles. The van der Waals surface area contributed by atoms with Crippen molar-refractivity contribution in [3.05, 3.63) is 23.8 Å². The van der Waals surface area contributed by atoms with E-state index in [1.807, 2.05) is 6.92 Å². The predicted octanol–water partition coefficient (Wildman–Crippen LogP) is -0.662.